The second-order valence-electron chi connectivity index (χ2n) is 5.89. The quantitative estimate of drug-likeness (QED) is 0.887. The number of carbonyl (C=O) groups is 2. The molecule has 2 aromatic carbocycles. The molecule has 2 amide bonds. The molecule has 0 radical (unpaired) electrons. The van der Waals surface area contributed by atoms with Gasteiger partial charge in [-0.1, -0.05) is 42.5 Å². The lowest BCUT2D eigenvalue weighted by Crippen LogP contribution is -2.49. The average Bonchev–Trinajstić information content (AvgIpc) is 2.60. The standard InChI is InChI=1S/C19H21N3O2/c1-14-19(24)22(17-10-6-5-9-16(17)21-14)13-18(23)20-12-11-15-7-3-2-4-8-15/h2-10,14,21H,11-13H2,1H3,(H,20,23). The minimum atomic E-state index is -0.336. The van der Waals surface area contributed by atoms with Crippen molar-refractivity contribution in [3.8, 4) is 0 Å². The molecule has 0 bridgehead atoms. The van der Waals surface area contributed by atoms with Crippen molar-refractivity contribution in [1.82, 2.24) is 5.32 Å². The summed E-state index contributed by atoms with van der Waals surface area (Å²) in [4.78, 5) is 26.2. The Balaban J connectivity index is 1.60. The van der Waals surface area contributed by atoms with Gasteiger partial charge in [-0.15, -0.1) is 0 Å². The zero-order valence-electron chi connectivity index (χ0n) is 13.7. The summed E-state index contributed by atoms with van der Waals surface area (Å²) in [6.45, 7) is 2.40. The number of nitrogens with one attached hydrogen (secondary N) is 2. The van der Waals surface area contributed by atoms with Crippen LogP contribution in [0.15, 0.2) is 54.6 Å². The van der Waals surface area contributed by atoms with Crippen molar-refractivity contribution in [3.05, 3.63) is 60.2 Å². The number of fused-ring (bicyclic) bond motifs is 1. The first-order valence-electron chi connectivity index (χ1n) is 8.13. The number of hydrogen-bond acceptors (Lipinski definition) is 3. The highest BCUT2D eigenvalue weighted by Crippen LogP contribution is 2.30. The highest BCUT2D eigenvalue weighted by Gasteiger charge is 2.30. The van der Waals surface area contributed by atoms with Crippen LogP contribution in [0, 0.1) is 0 Å². The second kappa shape index (κ2) is 7.17. The van der Waals surface area contributed by atoms with Crippen LogP contribution in [0.25, 0.3) is 0 Å². The van der Waals surface area contributed by atoms with E-state index < -0.39 is 0 Å². The Hall–Kier alpha value is -2.82. The lowest BCUT2D eigenvalue weighted by atomic mass is 10.1. The third kappa shape index (κ3) is 3.56. The fourth-order valence-corrected chi connectivity index (χ4v) is 2.83. The fourth-order valence-electron chi connectivity index (χ4n) is 2.83. The molecule has 0 spiro atoms. The van der Waals surface area contributed by atoms with Gasteiger partial charge in [-0.3, -0.25) is 14.5 Å². The van der Waals surface area contributed by atoms with E-state index in [0.29, 0.717) is 6.54 Å². The topological polar surface area (TPSA) is 61.4 Å². The molecule has 1 heterocycles. The minimum Gasteiger partial charge on any atom is -0.372 e. The molecule has 3 rings (SSSR count). The van der Waals surface area contributed by atoms with Gasteiger partial charge in [0.25, 0.3) is 0 Å². The zero-order chi connectivity index (χ0) is 16.9. The van der Waals surface area contributed by atoms with Crippen molar-refractivity contribution in [2.24, 2.45) is 0 Å². The van der Waals surface area contributed by atoms with Crippen LogP contribution in [0.5, 0.6) is 0 Å². The molecule has 0 aromatic heterocycles. The maximum absolute atomic E-state index is 12.4. The van der Waals surface area contributed by atoms with Gasteiger partial charge in [0.2, 0.25) is 11.8 Å². The Morgan fingerprint density at radius 1 is 1.12 bits per heavy atom. The van der Waals surface area contributed by atoms with E-state index in [1.807, 2.05) is 54.6 Å². The maximum atomic E-state index is 12.4. The number of carbonyl (C=O) groups excluding carboxylic acids is 2. The number of anilines is 2. The third-order valence-corrected chi connectivity index (χ3v) is 4.08. The molecular formula is C19H21N3O2. The fraction of sp³-hybridized carbons (Fsp3) is 0.263. The van der Waals surface area contributed by atoms with Crippen molar-refractivity contribution in [2.75, 3.05) is 23.3 Å². The van der Waals surface area contributed by atoms with E-state index in [4.69, 9.17) is 0 Å². The van der Waals surface area contributed by atoms with Crippen LogP contribution in [-0.2, 0) is 16.0 Å². The van der Waals surface area contributed by atoms with Crippen LogP contribution in [0.3, 0.4) is 0 Å². The van der Waals surface area contributed by atoms with E-state index in [1.165, 1.54) is 5.56 Å². The Morgan fingerprint density at radius 2 is 1.83 bits per heavy atom. The van der Waals surface area contributed by atoms with Gasteiger partial charge in [0.05, 0.1) is 11.4 Å². The molecule has 2 aromatic rings. The van der Waals surface area contributed by atoms with Gasteiger partial charge in [0.1, 0.15) is 12.6 Å². The smallest absolute Gasteiger partial charge is 0.249 e. The Morgan fingerprint density at radius 3 is 2.62 bits per heavy atom. The van der Waals surface area contributed by atoms with E-state index in [2.05, 4.69) is 10.6 Å². The summed E-state index contributed by atoms with van der Waals surface area (Å²) in [5.74, 6) is -0.241. The van der Waals surface area contributed by atoms with Crippen molar-refractivity contribution in [1.29, 1.82) is 0 Å². The van der Waals surface area contributed by atoms with Gasteiger partial charge < -0.3 is 10.6 Å². The number of para-hydroxylation sites is 2. The lowest BCUT2D eigenvalue weighted by molar-refractivity contribution is -0.124. The molecule has 124 valence electrons. The molecule has 2 N–H and O–H groups in total. The summed E-state index contributed by atoms with van der Waals surface area (Å²) >= 11 is 0. The van der Waals surface area contributed by atoms with Crippen LogP contribution in [-0.4, -0.2) is 30.9 Å². The zero-order valence-corrected chi connectivity index (χ0v) is 13.7. The first-order valence-corrected chi connectivity index (χ1v) is 8.13. The molecule has 5 nitrogen and oxygen atoms in total. The van der Waals surface area contributed by atoms with Gasteiger partial charge in [0, 0.05) is 6.54 Å². The average molecular weight is 323 g/mol. The van der Waals surface area contributed by atoms with Gasteiger partial charge in [0.15, 0.2) is 0 Å². The molecule has 0 saturated carbocycles. The van der Waals surface area contributed by atoms with Crippen molar-refractivity contribution < 1.29 is 9.59 Å². The van der Waals surface area contributed by atoms with E-state index in [0.717, 1.165) is 17.8 Å². The maximum Gasteiger partial charge on any atom is 0.249 e. The Bertz CT molecular complexity index is 730. The first-order chi connectivity index (χ1) is 11.6. The number of nitrogens with zero attached hydrogens (tertiary/aromatic N) is 1. The van der Waals surface area contributed by atoms with E-state index in [9.17, 15) is 9.59 Å². The molecule has 1 atom stereocenters. The summed E-state index contributed by atoms with van der Waals surface area (Å²) in [6, 6.07) is 17.2. The van der Waals surface area contributed by atoms with Gasteiger partial charge >= 0.3 is 0 Å². The summed E-state index contributed by atoms with van der Waals surface area (Å²) in [7, 11) is 0. The SMILES string of the molecule is CC1Nc2ccccc2N(CC(=O)NCCc2ccccc2)C1=O. The number of hydrogen-bond donors (Lipinski definition) is 2. The molecule has 0 fully saturated rings. The monoisotopic (exact) mass is 323 g/mol. The van der Waals surface area contributed by atoms with Crippen LogP contribution in [0.1, 0.15) is 12.5 Å². The highest BCUT2D eigenvalue weighted by atomic mass is 16.2. The number of rotatable bonds is 5. The van der Waals surface area contributed by atoms with Crippen molar-refractivity contribution in [3.63, 3.8) is 0 Å². The predicted octanol–water partition coefficient (Wildman–Crippen LogP) is 2.19. The van der Waals surface area contributed by atoms with Crippen LogP contribution in [0.2, 0.25) is 0 Å². The van der Waals surface area contributed by atoms with E-state index >= 15 is 0 Å². The summed E-state index contributed by atoms with van der Waals surface area (Å²) < 4.78 is 0. The highest BCUT2D eigenvalue weighted by molar-refractivity contribution is 6.07. The van der Waals surface area contributed by atoms with Crippen molar-refractivity contribution in [2.45, 2.75) is 19.4 Å². The number of amides is 2. The second-order valence-corrected chi connectivity index (χ2v) is 5.89. The predicted molar refractivity (Wildman–Crippen MR) is 95.0 cm³/mol. The van der Waals surface area contributed by atoms with Gasteiger partial charge in [-0.05, 0) is 31.0 Å². The molecule has 5 heteroatoms. The van der Waals surface area contributed by atoms with Crippen LogP contribution < -0.4 is 15.5 Å². The van der Waals surface area contributed by atoms with E-state index in [1.54, 1.807) is 11.8 Å². The molecule has 1 aliphatic rings. The Labute approximate surface area is 141 Å². The summed E-state index contributed by atoms with van der Waals surface area (Å²) in [5, 5.41) is 6.05. The Kier molecular flexibility index (Phi) is 4.79. The molecule has 24 heavy (non-hydrogen) atoms. The van der Waals surface area contributed by atoms with Crippen LogP contribution >= 0.6 is 0 Å². The minimum absolute atomic E-state index is 0.0383. The van der Waals surface area contributed by atoms with Gasteiger partial charge in [-0.2, -0.15) is 0 Å². The summed E-state index contributed by atoms with van der Waals surface area (Å²) in [5.41, 5.74) is 2.80. The van der Waals surface area contributed by atoms with Crippen molar-refractivity contribution >= 4 is 23.2 Å². The molecule has 1 unspecified atom stereocenters. The normalized spacial score (nSPS) is 16.3. The summed E-state index contributed by atoms with van der Waals surface area (Å²) in [6.07, 6.45) is 0.773. The largest absolute Gasteiger partial charge is 0.372 e. The number of benzene rings is 2. The van der Waals surface area contributed by atoms with E-state index in [-0.39, 0.29) is 24.4 Å². The molecular weight excluding hydrogens is 302 g/mol. The lowest BCUT2D eigenvalue weighted by Gasteiger charge is -2.33. The molecule has 0 aliphatic carbocycles. The van der Waals surface area contributed by atoms with Gasteiger partial charge in [-0.25, -0.2) is 0 Å². The molecule has 0 saturated heterocycles. The first kappa shape index (κ1) is 16.1. The molecule has 1 aliphatic heterocycles. The third-order valence-electron chi connectivity index (χ3n) is 4.08. The van der Waals surface area contributed by atoms with Crippen LogP contribution in [0.4, 0.5) is 11.4 Å².